The van der Waals surface area contributed by atoms with Gasteiger partial charge in [-0.05, 0) is 24.2 Å². The fraction of sp³-hybridized carbons (Fsp3) is 0.357. The number of nitrogens with zero attached hydrogens (tertiary/aromatic N) is 2. The summed E-state index contributed by atoms with van der Waals surface area (Å²) in [6, 6.07) is 6.39. The van der Waals surface area contributed by atoms with Crippen molar-refractivity contribution in [3.8, 4) is 5.75 Å². The molecule has 0 amide bonds. The Labute approximate surface area is 112 Å². The van der Waals surface area contributed by atoms with Gasteiger partial charge in [-0.2, -0.15) is 5.10 Å². The van der Waals surface area contributed by atoms with Crippen LogP contribution < -0.4 is 10.1 Å². The lowest BCUT2D eigenvalue weighted by Gasteiger charge is -2.20. The van der Waals surface area contributed by atoms with Crippen molar-refractivity contribution in [1.82, 2.24) is 15.1 Å². The molecule has 1 N–H and O–H groups in total. The third-order valence-corrected chi connectivity index (χ3v) is 3.05. The molecule has 0 aliphatic rings. The number of nitrogens with one attached hydrogen (secondary N) is 1. The number of aryl methyl sites for hydroxylation is 1. The first-order valence-corrected chi connectivity index (χ1v) is 6.22. The Kier molecular flexibility index (Phi) is 4.16. The maximum atomic E-state index is 13.0. The maximum Gasteiger partial charge on any atom is 0.161 e. The quantitative estimate of drug-likeness (QED) is 0.899. The first-order valence-electron chi connectivity index (χ1n) is 6.22. The van der Waals surface area contributed by atoms with Gasteiger partial charge in [-0.25, -0.2) is 4.39 Å². The molecule has 0 spiro atoms. The molecule has 1 unspecified atom stereocenters. The molecular formula is C14H18FN3O. The molecule has 1 atom stereocenters. The van der Waals surface area contributed by atoms with E-state index in [1.165, 1.54) is 12.1 Å². The summed E-state index contributed by atoms with van der Waals surface area (Å²) < 4.78 is 20.2. The number of hydrogen-bond donors (Lipinski definition) is 1. The average Bonchev–Trinajstić information content (AvgIpc) is 2.78. The molecule has 1 heterocycles. The number of aromatic nitrogens is 2. The molecule has 1 aromatic carbocycles. The summed E-state index contributed by atoms with van der Waals surface area (Å²) in [6.07, 6.45) is 1.68. The number of hydrogen-bond acceptors (Lipinski definition) is 3. The van der Waals surface area contributed by atoms with E-state index in [9.17, 15) is 4.39 Å². The predicted molar refractivity (Wildman–Crippen MR) is 71.7 cm³/mol. The largest absolute Gasteiger partial charge is 0.493 e. The summed E-state index contributed by atoms with van der Waals surface area (Å²) in [6.45, 7) is 2.82. The van der Waals surface area contributed by atoms with Crippen LogP contribution in [0.2, 0.25) is 0 Å². The summed E-state index contributed by atoms with van der Waals surface area (Å²) >= 11 is 0. The first-order chi connectivity index (χ1) is 9.17. The molecule has 102 valence electrons. The van der Waals surface area contributed by atoms with E-state index in [-0.39, 0.29) is 11.9 Å². The highest BCUT2D eigenvalue weighted by Gasteiger charge is 2.21. The Hall–Kier alpha value is -1.88. The number of benzene rings is 1. The second kappa shape index (κ2) is 5.84. The van der Waals surface area contributed by atoms with Gasteiger partial charge in [0.15, 0.2) is 5.75 Å². The van der Waals surface area contributed by atoms with Crippen LogP contribution in [0.4, 0.5) is 4.39 Å². The van der Waals surface area contributed by atoms with Crippen molar-refractivity contribution in [3.63, 3.8) is 0 Å². The average molecular weight is 263 g/mol. The minimum Gasteiger partial charge on any atom is -0.493 e. The van der Waals surface area contributed by atoms with Gasteiger partial charge in [-0.15, -0.1) is 0 Å². The van der Waals surface area contributed by atoms with E-state index in [0.717, 1.165) is 23.6 Å². The molecule has 0 saturated heterocycles. The number of rotatable bonds is 5. The van der Waals surface area contributed by atoms with Crippen LogP contribution in [0.5, 0.6) is 5.75 Å². The van der Waals surface area contributed by atoms with E-state index >= 15 is 0 Å². The molecule has 19 heavy (non-hydrogen) atoms. The molecular weight excluding hydrogens is 245 g/mol. The van der Waals surface area contributed by atoms with Crippen LogP contribution >= 0.6 is 0 Å². The van der Waals surface area contributed by atoms with Crippen molar-refractivity contribution in [2.75, 3.05) is 13.7 Å². The molecule has 0 aliphatic heterocycles. The zero-order valence-electron chi connectivity index (χ0n) is 11.4. The van der Waals surface area contributed by atoms with Gasteiger partial charge < -0.3 is 10.1 Å². The molecule has 0 radical (unpaired) electrons. The Morgan fingerprint density at radius 3 is 2.63 bits per heavy atom. The summed E-state index contributed by atoms with van der Waals surface area (Å²) in [5, 5.41) is 7.58. The van der Waals surface area contributed by atoms with Crippen LogP contribution in [0.25, 0.3) is 0 Å². The Morgan fingerprint density at radius 1 is 1.37 bits per heavy atom. The van der Waals surface area contributed by atoms with Gasteiger partial charge in [0, 0.05) is 7.05 Å². The highest BCUT2D eigenvalue weighted by atomic mass is 19.1. The van der Waals surface area contributed by atoms with Gasteiger partial charge in [0.25, 0.3) is 0 Å². The Morgan fingerprint density at radius 2 is 2.05 bits per heavy atom. The molecule has 0 aliphatic carbocycles. The summed E-state index contributed by atoms with van der Waals surface area (Å²) in [5.41, 5.74) is 1.90. The molecule has 4 nitrogen and oxygen atoms in total. The highest BCUT2D eigenvalue weighted by Crippen LogP contribution is 2.29. The van der Waals surface area contributed by atoms with Crippen LogP contribution in [0.3, 0.4) is 0 Å². The fourth-order valence-electron chi connectivity index (χ4n) is 2.14. The smallest absolute Gasteiger partial charge is 0.161 e. The highest BCUT2D eigenvalue weighted by molar-refractivity contribution is 5.36. The Bertz CT molecular complexity index is 536. The van der Waals surface area contributed by atoms with E-state index in [0.29, 0.717) is 0 Å². The third kappa shape index (κ3) is 2.76. The first kappa shape index (κ1) is 13.5. The normalized spacial score (nSPS) is 12.4. The second-order valence-corrected chi connectivity index (χ2v) is 4.26. The lowest BCUT2D eigenvalue weighted by Crippen LogP contribution is -2.24. The van der Waals surface area contributed by atoms with Gasteiger partial charge >= 0.3 is 0 Å². The van der Waals surface area contributed by atoms with Crippen molar-refractivity contribution in [2.24, 2.45) is 7.05 Å². The SMILES string of the molecule is CCNC(c1ccc(F)cc1)c1c(OC)cnn1C. The monoisotopic (exact) mass is 263 g/mol. The van der Waals surface area contributed by atoms with Crippen molar-refractivity contribution >= 4 is 0 Å². The predicted octanol–water partition coefficient (Wildman–Crippen LogP) is 2.27. The van der Waals surface area contributed by atoms with Crippen LogP contribution in [0, 0.1) is 5.82 Å². The topological polar surface area (TPSA) is 39.1 Å². The minimum absolute atomic E-state index is 0.0759. The van der Waals surface area contributed by atoms with Crippen LogP contribution in [0.15, 0.2) is 30.5 Å². The molecule has 0 fully saturated rings. The van der Waals surface area contributed by atoms with E-state index in [2.05, 4.69) is 10.4 Å². The zero-order valence-corrected chi connectivity index (χ0v) is 11.4. The van der Waals surface area contributed by atoms with E-state index < -0.39 is 0 Å². The summed E-state index contributed by atoms with van der Waals surface area (Å²) in [7, 11) is 3.49. The van der Waals surface area contributed by atoms with Crippen molar-refractivity contribution < 1.29 is 9.13 Å². The minimum atomic E-state index is -0.240. The molecule has 5 heteroatoms. The molecule has 1 aromatic heterocycles. The molecule has 0 saturated carbocycles. The van der Waals surface area contributed by atoms with Gasteiger partial charge in [0.05, 0.1) is 19.3 Å². The number of halogens is 1. The fourth-order valence-corrected chi connectivity index (χ4v) is 2.14. The summed E-state index contributed by atoms with van der Waals surface area (Å²) in [5.74, 6) is 0.480. The molecule has 0 bridgehead atoms. The maximum absolute atomic E-state index is 13.0. The van der Waals surface area contributed by atoms with Gasteiger partial charge in [-0.3, -0.25) is 4.68 Å². The lowest BCUT2D eigenvalue weighted by molar-refractivity contribution is 0.401. The van der Waals surface area contributed by atoms with Gasteiger partial charge in [-0.1, -0.05) is 19.1 Å². The lowest BCUT2D eigenvalue weighted by atomic mass is 10.0. The summed E-state index contributed by atoms with van der Waals surface area (Å²) in [4.78, 5) is 0. The number of ether oxygens (including phenoxy) is 1. The van der Waals surface area contributed by atoms with Crippen molar-refractivity contribution in [2.45, 2.75) is 13.0 Å². The van der Waals surface area contributed by atoms with E-state index in [4.69, 9.17) is 4.74 Å². The Balaban J connectivity index is 2.44. The molecule has 2 rings (SSSR count). The van der Waals surface area contributed by atoms with Crippen LogP contribution in [-0.2, 0) is 7.05 Å². The number of methoxy groups -OCH3 is 1. The standard InChI is InChI=1S/C14H18FN3O/c1-4-16-13(10-5-7-11(15)8-6-10)14-12(19-3)9-17-18(14)2/h5-9,13,16H,4H2,1-3H3. The van der Waals surface area contributed by atoms with Crippen molar-refractivity contribution in [1.29, 1.82) is 0 Å². The van der Waals surface area contributed by atoms with Gasteiger partial charge in [0.1, 0.15) is 11.5 Å². The van der Waals surface area contributed by atoms with E-state index in [1.807, 2.05) is 14.0 Å². The van der Waals surface area contributed by atoms with E-state index in [1.54, 1.807) is 30.1 Å². The van der Waals surface area contributed by atoms with Gasteiger partial charge in [0.2, 0.25) is 0 Å². The van der Waals surface area contributed by atoms with Crippen LogP contribution in [-0.4, -0.2) is 23.4 Å². The molecule has 2 aromatic rings. The zero-order chi connectivity index (χ0) is 13.8. The second-order valence-electron chi connectivity index (χ2n) is 4.26. The van der Waals surface area contributed by atoms with Crippen molar-refractivity contribution in [3.05, 3.63) is 47.5 Å². The third-order valence-electron chi connectivity index (χ3n) is 3.05. The van der Waals surface area contributed by atoms with Crippen LogP contribution in [0.1, 0.15) is 24.2 Å².